The highest BCUT2D eigenvalue weighted by atomic mass is 16.5. The summed E-state index contributed by atoms with van der Waals surface area (Å²) in [5.41, 5.74) is 1.66. The van der Waals surface area contributed by atoms with Crippen LogP contribution in [0.2, 0.25) is 0 Å². The van der Waals surface area contributed by atoms with Gasteiger partial charge in [0.2, 0.25) is 17.7 Å². The number of unbranched alkanes of at least 4 members (excludes halogenated alkanes) is 1. The molecule has 5 atom stereocenters. The van der Waals surface area contributed by atoms with Gasteiger partial charge in [0.1, 0.15) is 18.7 Å². The first-order valence-electron chi connectivity index (χ1n) is 17.5. The summed E-state index contributed by atoms with van der Waals surface area (Å²) in [6, 6.07) is 20.1. The Morgan fingerprint density at radius 3 is 2.14 bits per heavy atom. The van der Waals surface area contributed by atoms with Crippen LogP contribution in [0.1, 0.15) is 84.3 Å². The van der Waals surface area contributed by atoms with Crippen molar-refractivity contribution in [2.75, 3.05) is 0 Å². The zero-order valence-electron chi connectivity index (χ0n) is 29.5. The SMILES string of the molecule is CCCC[C@H](NC(=O)[C@H](Cc1cccc2ccccc12)NC(=O)OCc1ccccc1)C(=O)N[C@@H](CC(C)C)[C@@H](O)CC(=O)NC(C)CC. The average molecular weight is 675 g/mol. The van der Waals surface area contributed by atoms with E-state index in [0.29, 0.717) is 19.3 Å². The monoisotopic (exact) mass is 674 g/mol. The minimum atomic E-state index is -1.11. The number of hydrogen-bond donors (Lipinski definition) is 5. The number of fused-ring (bicyclic) bond motifs is 1. The quantitative estimate of drug-likeness (QED) is 0.113. The Morgan fingerprint density at radius 1 is 0.776 bits per heavy atom. The van der Waals surface area contributed by atoms with Crippen LogP contribution in [-0.4, -0.2) is 59.2 Å². The van der Waals surface area contributed by atoms with E-state index in [2.05, 4.69) is 21.3 Å². The third kappa shape index (κ3) is 13.2. The van der Waals surface area contributed by atoms with Crippen LogP contribution in [0.15, 0.2) is 72.8 Å². The van der Waals surface area contributed by atoms with Crippen molar-refractivity contribution in [3.05, 3.63) is 83.9 Å². The Balaban J connectivity index is 1.81. The van der Waals surface area contributed by atoms with Crippen molar-refractivity contribution >= 4 is 34.6 Å². The van der Waals surface area contributed by atoms with Gasteiger partial charge in [0.05, 0.1) is 18.6 Å². The molecule has 0 spiro atoms. The number of benzene rings is 3. The van der Waals surface area contributed by atoms with Gasteiger partial charge >= 0.3 is 6.09 Å². The highest BCUT2D eigenvalue weighted by Gasteiger charge is 2.31. The number of alkyl carbamates (subject to hydrolysis) is 1. The van der Waals surface area contributed by atoms with Crippen LogP contribution in [0.25, 0.3) is 10.8 Å². The summed E-state index contributed by atoms with van der Waals surface area (Å²) >= 11 is 0. The summed E-state index contributed by atoms with van der Waals surface area (Å²) < 4.78 is 5.46. The number of ether oxygens (including phenoxy) is 1. The highest BCUT2D eigenvalue weighted by molar-refractivity contribution is 5.92. The number of hydrogen-bond acceptors (Lipinski definition) is 6. The fourth-order valence-electron chi connectivity index (χ4n) is 5.63. The molecule has 0 fully saturated rings. The lowest BCUT2D eigenvalue weighted by Gasteiger charge is -2.29. The second kappa shape index (κ2) is 20.2. The van der Waals surface area contributed by atoms with Gasteiger partial charge in [-0.15, -0.1) is 0 Å². The normalized spacial score (nSPS) is 14.3. The summed E-state index contributed by atoms with van der Waals surface area (Å²) in [5.74, 6) is -1.15. The maximum absolute atomic E-state index is 14.0. The molecule has 0 saturated heterocycles. The number of aliphatic hydroxyl groups is 1. The lowest BCUT2D eigenvalue weighted by molar-refractivity contribution is -0.131. The molecule has 0 radical (unpaired) electrons. The van der Waals surface area contributed by atoms with Crippen LogP contribution in [-0.2, 0) is 32.1 Å². The Bertz CT molecular complexity index is 1490. The van der Waals surface area contributed by atoms with Crippen LogP contribution >= 0.6 is 0 Å². The van der Waals surface area contributed by atoms with Crippen molar-refractivity contribution in [1.29, 1.82) is 0 Å². The molecule has 266 valence electrons. The van der Waals surface area contributed by atoms with E-state index in [-0.39, 0.29) is 37.3 Å². The number of nitrogens with one attached hydrogen (secondary N) is 4. The first-order chi connectivity index (χ1) is 23.5. The topological polar surface area (TPSA) is 146 Å². The molecule has 3 rings (SSSR count). The summed E-state index contributed by atoms with van der Waals surface area (Å²) in [6.07, 6.45) is 1.14. The van der Waals surface area contributed by atoms with Crippen LogP contribution in [0.4, 0.5) is 4.79 Å². The van der Waals surface area contributed by atoms with E-state index in [9.17, 15) is 24.3 Å². The summed E-state index contributed by atoms with van der Waals surface area (Å²) in [6.45, 7) is 9.83. The molecular weight excluding hydrogens is 620 g/mol. The Kier molecular flexibility index (Phi) is 16.0. The van der Waals surface area contributed by atoms with Gasteiger partial charge in [-0.1, -0.05) is 113 Å². The summed E-state index contributed by atoms with van der Waals surface area (Å²) in [4.78, 5) is 53.3. The lowest BCUT2D eigenvalue weighted by atomic mass is 9.96. The predicted octanol–water partition coefficient (Wildman–Crippen LogP) is 5.55. The summed E-state index contributed by atoms with van der Waals surface area (Å²) in [5, 5.41) is 24.4. The van der Waals surface area contributed by atoms with Crippen molar-refractivity contribution in [1.82, 2.24) is 21.3 Å². The third-order valence-electron chi connectivity index (χ3n) is 8.54. The van der Waals surface area contributed by atoms with Gasteiger partial charge in [-0.3, -0.25) is 14.4 Å². The molecule has 0 heterocycles. The maximum atomic E-state index is 14.0. The number of carbonyl (C=O) groups excluding carboxylic acids is 4. The molecule has 3 aromatic carbocycles. The lowest BCUT2D eigenvalue weighted by Crippen LogP contribution is -2.57. The largest absolute Gasteiger partial charge is 0.445 e. The first-order valence-corrected chi connectivity index (χ1v) is 17.5. The minimum absolute atomic E-state index is 0.0301. The van der Waals surface area contributed by atoms with Crippen molar-refractivity contribution in [3.63, 3.8) is 0 Å². The fraction of sp³-hybridized carbons (Fsp3) is 0.487. The number of amides is 4. The number of aliphatic hydroxyl groups excluding tert-OH is 1. The van der Waals surface area contributed by atoms with E-state index in [0.717, 1.165) is 34.7 Å². The molecule has 10 nitrogen and oxygen atoms in total. The first kappa shape index (κ1) is 39.0. The van der Waals surface area contributed by atoms with Gasteiger partial charge in [-0.2, -0.15) is 0 Å². The molecule has 0 saturated carbocycles. The number of carbonyl (C=O) groups is 4. The van der Waals surface area contributed by atoms with Crippen LogP contribution < -0.4 is 21.3 Å². The van der Waals surface area contributed by atoms with E-state index < -0.39 is 42.1 Å². The van der Waals surface area contributed by atoms with Gasteiger partial charge in [0.25, 0.3) is 0 Å². The van der Waals surface area contributed by atoms with Crippen molar-refractivity contribution in [2.45, 2.75) is 116 Å². The molecule has 10 heteroatoms. The molecule has 0 aliphatic carbocycles. The molecule has 0 bridgehead atoms. The second-order valence-electron chi connectivity index (χ2n) is 13.2. The van der Waals surface area contributed by atoms with Gasteiger partial charge in [0, 0.05) is 12.5 Å². The maximum Gasteiger partial charge on any atom is 0.408 e. The van der Waals surface area contributed by atoms with Crippen molar-refractivity contribution < 1.29 is 29.0 Å². The molecule has 4 amide bonds. The van der Waals surface area contributed by atoms with Gasteiger partial charge in [-0.25, -0.2) is 4.79 Å². The highest BCUT2D eigenvalue weighted by Crippen LogP contribution is 2.20. The molecule has 3 aromatic rings. The van der Waals surface area contributed by atoms with Gasteiger partial charge in [-0.05, 0) is 54.0 Å². The Morgan fingerprint density at radius 2 is 1.45 bits per heavy atom. The Labute approximate surface area is 290 Å². The minimum Gasteiger partial charge on any atom is -0.445 e. The molecule has 0 aliphatic rings. The van der Waals surface area contributed by atoms with Gasteiger partial charge < -0.3 is 31.1 Å². The molecule has 5 N–H and O–H groups in total. The standard InChI is InChI=1S/C39H54N4O6/c1-6-8-21-32(37(46)42-33(22-26(3)4)35(44)24-36(45)40-27(5)7-2)41-38(47)34(43-39(48)49-25-28-15-10-9-11-16-28)23-30-19-14-18-29-17-12-13-20-31(29)30/h9-20,26-27,32-35,44H,6-8,21-25H2,1-5H3,(H,40,45)(H,41,47)(H,42,46)(H,43,48)/t27?,32-,33-,34-,35-/m0/s1. The van der Waals surface area contributed by atoms with E-state index in [1.54, 1.807) is 0 Å². The van der Waals surface area contributed by atoms with E-state index in [4.69, 9.17) is 4.74 Å². The predicted molar refractivity (Wildman–Crippen MR) is 193 cm³/mol. The van der Waals surface area contributed by atoms with E-state index in [1.807, 2.05) is 107 Å². The van der Waals surface area contributed by atoms with Crippen LogP contribution in [0, 0.1) is 5.92 Å². The zero-order chi connectivity index (χ0) is 35.8. The summed E-state index contributed by atoms with van der Waals surface area (Å²) in [7, 11) is 0. The molecular formula is C39H54N4O6. The van der Waals surface area contributed by atoms with E-state index in [1.165, 1.54) is 0 Å². The van der Waals surface area contributed by atoms with Crippen molar-refractivity contribution in [2.24, 2.45) is 5.92 Å². The molecule has 0 aromatic heterocycles. The van der Waals surface area contributed by atoms with Crippen LogP contribution in [0.3, 0.4) is 0 Å². The van der Waals surface area contributed by atoms with E-state index >= 15 is 0 Å². The smallest absolute Gasteiger partial charge is 0.408 e. The second-order valence-corrected chi connectivity index (χ2v) is 13.2. The molecule has 1 unspecified atom stereocenters. The van der Waals surface area contributed by atoms with Gasteiger partial charge in [0.15, 0.2) is 0 Å². The molecule has 0 aliphatic heterocycles. The third-order valence-corrected chi connectivity index (χ3v) is 8.54. The van der Waals surface area contributed by atoms with Crippen LogP contribution in [0.5, 0.6) is 0 Å². The fourth-order valence-corrected chi connectivity index (χ4v) is 5.63. The molecule has 49 heavy (non-hydrogen) atoms. The van der Waals surface area contributed by atoms with Crippen molar-refractivity contribution in [3.8, 4) is 0 Å². The average Bonchev–Trinajstić information content (AvgIpc) is 3.08. The number of rotatable bonds is 19. The zero-order valence-corrected chi connectivity index (χ0v) is 29.5. The Hall–Kier alpha value is -4.44.